The van der Waals surface area contributed by atoms with Crippen molar-refractivity contribution >= 4 is 12.3 Å². The lowest BCUT2D eigenvalue weighted by Gasteiger charge is -2.22. The highest BCUT2D eigenvalue weighted by Crippen LogP contribution is 2.42. The van der Waals surface area contributed by atoms with E-state index in [-0.39, 0.29) is 30.0 Å². The van der Waals surface area contributed by atoms with Crippen molar-refractivity contribution in [1.29, 1.82) is 0 Å². The Morgan fingerprint density at radius 3 is 2.86 bits per heavy atom. The zero-order chi connectivity index (χ0) is 10.1. The van der Waals surface area contributed by atoms with Gasteiger partial charge in [-0.05, 0) is 12.8 Å². The fourth-order valence-corrected chi connectivity index (χ4v) is 2.43. The molecule has 0 radical (unpaired) electrons. The van der Waals surface area contributed by atoms with E-state index in [2.05, 4.69) is 0 Å². The van der Waals surface area contributed by atoms with Crippen molar-refractivity contribution < 1.29 is 19.1 Å². The summed E-state index contributed by atoms with van der Waals surface area (Å²) >= 11 is 0. The molecule has 2 fully saturated rings. The van der Waals surface area contributed by atoms with Crippen LogP contribution in [0, 0.1) is 11.8 Å². The summed E-state index contributed by atoms with van der Waals surface area (Å²) in [5.41, 5.74) is 0. The Bertz CT molecular complexity index is 251. The second-order valence-electron chi connectivity index (χ2n) is 3.97. The van der Waals surface area contributed by atoms with Crippen LogP contribution in [-0.2, 0) is 19.1 Å². The molecule has 0 aromatic carbocycles. The Kier molecular flexibility index (Phi) is 2.54. The Morgan fingerprint density at radius 1 is 1.50 bits per heavy atom. The van der Waals surface area contributed by atoms with Crippen LogP contribution in [0.15, 0.2) is 0 Å². The fraction of sp³-hybridized carbons (Fsp3) is 0.800. The molecule has 2 saturated heterocycles. The zero-order valence-electron chi connectivity index (χ0n) is 8.14. The molecule has 4 atom stereocenters. The minimum atomic E-state index is -0.294. The average molecular weight is 198 g/mol. The molecule has 0 amide bonds. The number of esters is 1. The number of hydrogen-bond donors (Lipinski definition) is 0. The van der Waals surface area contributed by atoms with E-state index in [1.165, 1.54) is 6.92 Å². The summed E-state index contributed by atoms with van der Waals surface area (Å²) in [5, 5.41) is 0. The summed E-state index contributed by atoms with van der Waals surface area (Å²) in [7, 11) is 0. The van der Waals surface area contributed by atoms with Gasteiger partial charge in [0.1, 0.15) is 6.29 Å². The molecule has 2 bridgehead atoms. The van der Waals surface area contributed by atoms with Crippen LogP contribution in [0.5, 0.6) is 0 Å². The molecule has 2 rings (SSSR count). The van der Waals surface area contributed by atoms with Gasteiger partial charge in [-0.1, -0.05) is 0 Å². The lowest BCUT2D eigenvalue weighted by Crippen LogP contribution is -2.32. The predicted molar refractivity (Wildman–Crippen MR) is 47.6 cm³/mol. The van der Waals surface area contributed by atoms with Crippen molar-refractivity contribution in [2.75, 3.05) is 6.61 Å². The smallest absolute Gasteiger partial charge is 0.302 e. The van der Waals surface area contributed by atoms with E-state index >= 15 is 0 Å². The number of carbonyl (C=O) groups excluding carboxylic acids is 2. The van der Waals surface area contributed by atoms with Crippen LogP contribution >= 0.6 is 0 Å². The summed E-state index contributed by atoms with van der Waals surface area (Å²) in [6.07, 6.45) is 3.08. The van der Waals surface area contributed by atoms with Gasteiger partial charge in [0.2, 0.25) is 0 Å². The maximum Gasteiger partial charge on any atom is 0.302 e. The topological polar surface area (TPSA) is 52.6 Å². The Morgan fingerprint density at radius 2 is 2.21 bits per heavy atom. The molecule has 0 aromatic heterocycles. The molecular weight excluding hydrogens is 184 g/mol. The van der Waals surface area contributed by atoms with Crippen LogP contribution in [-0.4, -0.2) is 31.1 Å². The van der Waals surface area contributed by atoms with Gasteiger partial charge in [0.05, 0.1) is 18.8 Å². The van der Waals surface area contributed by atoms with Crippen molar-refractivity contribution in [3.8, 4) is 0 Å². The van der Waals surface area contributed by atoms with Crippen molar-refractivity contribution in [3.63, 3.8) is 0 Å². The maximum atomic E-state index is 10.8. The lowest BCUT2D eigenvalue weighted by molar-refractivity contribution is -0.143. The van der Waals surface area contributed by atoms with E-state index in [0.29, 0.717) is 6.61 Å². The molecule has 0 spiro atoms. The van der Waals surface area contributed by atoms with E-state index in [9.17, 15) is 9.59 Å². The van der Waals surface area contributed by atoms with Crippen LogP contribution in [0.1, 0.15) is 19.8 Å². The molecule has 2 aliphatic heterocycles. The first-order valence-corrected chi connectivity index (χ1v) is 4.96. The van der Waals surface area contributed by atoms with E-state index in [1.807, 2.05) is 0 Å². The van der Waals surface area contributed by atoms with Gasteiger partial charge in [-0.3, -0.25) is 4.79 Å². The van der Waals surface area contributed by atoms with Gasteiger partial charge in [-0.25, -0.2) is 0 Å². The molecule has 2 heterocycles. The van der Waals surface area contributed by atoms with Crippen LogP contribution in [0.4, 0.5) is 0 Å². The largest absolute Gasteiger partial charge is 0.465 e. The third-order valence-corrected chi connectivity index (χ3v) is 3.12. The summed E-state index contributed by atoms with van der Waals surface area (Å²) in [5.74, 6) is -0.291. The molecule has 14 heavy (non-hydrogen) atoms. The second-order valence-corrected chi connectivity index (χ2v) is 3.97. The molecule has 2 aliphatic rings. The van der Waals surface area contributed by atoms with Crippen molar-refractivity contribution in [2.24, 2.45) is 11.8 Å². The molecule has 4 heteroatoms. The fourth-order valence-electron chi connectivity index (χ4n) is 2.43. The van der Waals surface area contributed by atoms with Gasteiger partial charge < -0.3 is 14.3 Å². The number of ether oxygens (including phenoxy) is 2. The molecule has 0 aliphatic carbocycles. The number of carbonyl (C=O) groups is 2. The number of hydrogen-bond acceptors (Lipinski definition) is 4. The SMILES string of the molecule is CC(=O)OCC1C2CC[C@@H](O2)C1C=O. The van der Waals surface area contributed by atoms with Crippen LogP contribution in [0.3, 0.4) is 0 Å². The van der Waals surface area contributed by atoms with Crippen LogP contribution in [0.25, 0.3) is 0 Å². The Labute approximate surface area is 82.6 Å². The summed E-state index contributed by atoms with van der Waals surface area (Å²) in [4.78, 5) is 21.5. The quantitative estimate of drug-likeness (QED) is 0.490. The summed E-state index contributed by atoms with van der Waals surface area (Å²) in [6.45, 7) is 1.70. The third-order valence-electron chi connectivity index (χ3n) is 3.12. The minimum absolute atomic E-state index is 0.0676. The third kappa shape index (κ3) is 1.54. The maximum absolute atomic E-state index is 10.8. The molecule has 4 nitrogen and oxygen atoms in total. The van der Waals surface area contributed by atoms with Gasteiger partial charge in [-0.2, -0.15) is 0 Å². The van der Waals surface area contributed by atoms with E-state index in [1.54, 1.807) is 0 Å². The number of rotatable bonds is 3. The highest BCUT2D eigenvalue weighted by Gasteiger charge is 2.49. The molecule has 3 unspecified atom stereocenters. The molecular formula is C10H14O4. The Hall–Kier alpha value is -0.900. The monoisotopic (exact) mass is 198 g/mol. The highest BCUT2D eigenvalue weighted by atomic mass is 16.5. The number of fused-ring (bicyclic) bond motifs is 2. The van der Waals surface area contributed by atoms with Gasteiger partial charge in [0.25, 0.3) is 0 Å². The summed E-state index contributed by atoms with van der Waals surface area (Å²) in [6, 6.07) is 0. The first kappa shape index (κ1) is 9.65. The van der Waals surface area contributed by atoms with Gasteiger partial charge in [0, 0.05) is 18.8 Å². The summed E-state index contributed by atoms with van der Waals surface area (Å²) < 4.78 is 10.5. The molecule has 0 N–H and O–H groups in total. The zero-order valence-corrected chi connectivity index (χ0v) is 8.14. The van der Waals surface area contributed by atoms with Crippen molar-refractivity contribution in [3.05, 3.63) is 0 Å². The van der Waals surface area contributed by atoms with Crippen molar-refractivity contribution in [1.82, 2.24) is 0 Å². The molecule has 0 saturated carbocycles. The second kappa shape index (κ2) is 3.69. The van der Waals surface area contributed by atoms with Gasteiger partial charge in [0.15, 0.2) is 0 Å². The van der Waals surface area contributed by atoms with Crippen LogP contribution in [0.2, 0.25) is 0 Å². The minimum Gasteiger partial charge on any atom is -0.465 e. The molecule has 0 aromatic rings. The highest BCUT2D eigenvalue weighted by molar-refractivity contribution is 5.66. The van der Waals surface area contributed by atoms with Gasteiger partial charge in [-0.15, -0.1) is 0 Å². The first-order chi connectivity index (χ1) is 6.72. The molecule has 78 valence electrons. The normalized spacial score (nSPS) is 39.8. The van der Waals surface area contributed by atoms with E-state index < -0.39 is 0 Å². The van der Waals surface area contributed by atoms with Gasteiger partial charge >= 0.3 is 5.97 Å². The average Bonchev–Trinajstić information content (AvgIpc) is 2.72. The first-order valence-electron chi connectivity index (χ1n) is 4.96. The van der Waals surface area contributed by atoms with Crippen molar-refractivity contribution in [2.45, 2.75) is 32.0 Å². The van der Waals surface area contributed by atoms with E-state index in [0.717, 1.165) is 19.1 Å². The standard InChI is InChI=1S/C10H14O4/c1-6(12)13-5-8-7(4-11)9-2-3-10(8)14-9/h4,7-10H,2-3,5H2,1H3/t7?,8?,9-,10?/m1/s1. The number of aldehydes is 1. The predicted octanol–water partition coefficient (Wildman–Crippen LogP) is 0.542. The van der Waals surface area contributed by atoms with Crippen LogP contribution < -0.4 is 0 Å². The van der Waals surface area contributed by atoms with E-state index in [4.69, 9.17) is 9.47 Å². The lowest BCUT2D eigenvalue weighted by atomic mass is 9.81. The Balaban J connectivity index is 1.96.